The molecule has 0 radical (unpaired) electrons. The molecule has 2 N–H and O–H groups in total. The third kappa shape index (κ3) is 2.29. The lowest BCUT2D eigenvalue weighted by Gasteiger charge is -2.11. The fourth-order valence-corrected chi connectivity index (χ4v) is 1.30. The summed E-state index contributed by atoms with van der Waals surface area (Å²) in [5.74, 6) is 0. The summed E-state index contributed by atoms with van der Waals surface area (Å²) < 4.78 is 0. The van der Waals surface area contributed by atoms with Crippen LogP contribution in [0.5, 0.6) is 0 Å². The van der Waals surface area contributed by atoms with Crippen molar-refractivity contribution in [1.82, 2.24) is 4.90 Å². The van der Waals surface area contributed by atoms with E-state index in [1.165, 1.54) is 0 Å². The number of hydrogen-bond acceptors (Lipinski definition) is 3. The van der Waals surface area contributed by atoms with E-state index in [4.69, 9.17) is 10.2 Å². The highest BCUT2D eigenvalue weighted by atomic mass is 16.3. The summed E-state index contributed by atoms with van der Waals surface area (Å²) in [5.41, 5.74) is 0. The molecule has 0 aliphatic carbocycles. The fourth-order valence-electron chi connectivity index (χ4n) is 1.30. The van der Waals surface area contributed by atoms with Crippen LogP contribution in [0.4, 0.5) is 0 Å². The molecule has 1 fully saturated rings. The van der Waals surface area contributed by atoms with Crippen LogP contribution >= 0.6 is 0 Å². The molecule has 0 bridgehead atoms. The number of likely N-dealkylation sites (tertiary alicyclic amines) is 1. The maximum atomic E-state index is 9.15. The Balaban J connectivity index is 2.23. The molecular formula is C8H15NO2. The highest BCUT2D eigenvalue weighted by molar-refractivity contribution is 4.84. The van der Waals surface area contributed by atoms with Crippen LogP contribution in [0.3, 0.4) is 0 Å². The number of rotatable bonds is 3. The highest BCUT2D eigenvalue weighted by Gasteiger charge is 2.28. The van der Waals surface area contributed by atoms with Gasteiger partial charge in [0, 0.05) is 19.6 Å². The zero-order valence-corrected chi connectivity index (χ0v) is 6.61. The predicted molar refractivity (Wildman–Crippen MR) is 43.3 cm³/mol. The zero-order chi connectivity index (χ0) is 8.27. The Labute approximate surface area is 66.9 Å². The first kappa shape index (κ1) is 8.71. The molecular weight excluding hydrogens is 142 g/mol. The van der Waals surface area contributed by atoms with Crippen LogP contribution in [-0.2, 0) is 0 Å². The van der Waals surface area contributed by atoms with Gasteiger partial charge in [-0.25, -0.2) is 0 Å². The second-order valence-corrected chi connectivity index (χ2v) is 2.97. The fraction of sp³-hybridized carbons (Fsp3) is 0.750. The molecule has 3 heteroatoms. The molecule has 2 atom stereocenters. The molecule has 0 amide bonds. The Morgan fingerprint density at radius 1 is 1.36 bits per heavy atom. The third-order valence-corrected chi connectivity index (χ3v) is 1.98. The molecule has 2 unspecified atom stereocenters. The van der Waals surface area contributed by atoms with E-state index in [9.17, 15) is 0 Å². The summed E-state index contributed by atoms with van der Waals surface area (Å²) in [5, 5.41) is 18.3. The van der Waals surface area contributed by atoms with Gasteiger partial charge in [-0.15, -0.1) is 6.58 Å². The first-order valence-electron chi connectivity index (χ1n) is 3.93. The van der Waals surface area contributed by atoms with Crippen LogP contribution < -0.4 is 0 Å². The third-order valence-electron chi connectivity index (χ3n) is 1.98. The lowest BCUT2D eigenvalue weighted by molar-refractivity contribution is 0.0572. The minimum Gasteiger partial charge on any atom is -0.389 e. The van der Waals surface area contributed by atoms with Crippen molar-refractivity contribution in [2.24, 2.45) is 0 Å². The molecule has 1 heterocycles. The summed E-state index contributed by atoms with van der Waals surface area (Å²) in [6, 6.07) is 0. The first-order valence-corrected chi connectivity index (χ1v) is 3.93. The monoisotopic (exact) mass is 157 g/mol. The van der Waals surface area contributed by atoms with Gasteiger partial charge in [0.25, 0.3) is 0 Å². The minimum atomic E-state index is -0.556. The van der Waals surface area contributed by atoms with Crippen molar-refractivity contribution in [3.8, 4) is 0 Å². The van der Waals surface area contributed by atoms with Crippen LogP contribution in [-0.4, -0.2) is 47.0 Å². The van der Waals surface area contributed by atoms with Crippen molar-refractivity contribution >= 4 is 0 Å². The lowest BCUT2D eigenvalue weighted by Crippen LogP contribution is -2.22. The van der Waals surface area contributed by atoms with Gasteiger partial charge in [-0.3, -0.25) is 4.90 Å². The summed E-state index contributed by atoms with van der Waals surface area (Å²) in [4.78, 5) is 2.04. The molecule has 1 aliphatic heterocycles. The molecule has 1 saturated heterocycles. The molecule has 0 aromatic heterocycles. The predicted octanol–water partition coefficient (Wildman–Crippen LogP) is -0.400. The van der Waals surface area contributed by atoms with Gasteiger partial charge in [0.05, 0.1) is 12.2 Å². The minimum absolute atomic E-state index is 0.556. The Kier molecular flexibility index (Phi) is 3.05. The van der Waals surface area contributed by atoms with Gasteiger partial charge >= 0.3 is 0 Å². The van der Waals surface area contributed by atoms with E-state index in [2.05, 4.69) is 6.58 Å². The average molecular weight is 157 g/mol. The highest BCUT2D eigenvalue weighted by Crippen LogP contribution is 2.09. The normalized spacial score (nSPS) is 32.5. The van der Waals surface area contributed by atoms with E-state index in [1.807, 2.05) is 11.0 Å². The molecule has 3 nitrogen and oxygen atoms in total. The number of hydrogen-bond donors (Lipinski definition) is 2. The smallest absolute Gasteiger partial charge is 0.0938 e. The van der Waals surface area contributed by atoms with Crippen LogP contribution in [0.2, 0.25) is 0 Å². The van der Waals surface area contributed by atoms with Gasteiger partial charge in [-0.05, 0) is 6.42 Å². The van der Waals surface area contributed by atoms with Crippen LogP contribution in [0.15, 0.2) is 12.7 Å². The Hall–Kier alpha value is -0.380. The number of nitrogens with zero attached hydrogens (tertiary/aromatic N) is 1. The summed E-state index contributed by atoms with van der Waals surface area (Å²) in [7, 11) is 0. The van der Waals surface area contributed by atoms with E-state index in [1.54, 1.807) is 0 Å². The number of aliphatic hydroxyl groups is 2. The molecule has 64 valence electrons. The molecule has 0 aromatic carbocycles. The zero-order valence-electron chi connectivity index (χ0n) is 6.61. The van der Waals surface area contributed by atoms with E-state index in [-0.39, 0.29) is 0 Å². The van der Waals surface area contributed by atoms with Crippen molar-refractivity contribution in [3.05, 3.63) is 12.7 Å². The standard InChI is InChI=1S/C8H15NO2/c1-2-3-4-9-5-7(10)8(11)6-9/h2,7-8,10-11H,1,3-6H2. The van der Waals surface area contributed by atoms with Crippen LogP contribution in [0.1, 0.15) is 6.42 Å². The Bertz CT molecular complexity index is 128. The largest absolute Gasteiger partial charge is 0.389 e. The van der Waals surface area contributed by atoms with Gasteiger partial charge in [0.15, 0.2) is 0 Å². The van der Waals surface area contributed by atoms with Crippen LogP contribution in [0.25, 0.3) is 0 Å². The molecule has 0 aromatic rings. The van der Waals surface area contributed by atoms with Crippen molar-refractivity contribution in [3.63, 3.8) is 0 Å². The molecule has 1 rings (SSSR count). The number of aliphatic hydroxyl groups excluding tert-OH is 2. The Morgan fingerprint density at radius 3 is 2.36 bits per heavy atom. The van der Waals surface area contributed by atoms with E-state index >= 15 is 0 Å². The quantitative estimate of drug-likeness (QED) is 0.548. The maximum Gasteiger partial charge on any atom is 0.0938 e. The van der Waals surface area contributed by atoms with E-state index in [0.717, 1.165) is 13.0 Å². The van der Waals surface area contributed by atoms with Crippen molar-refractivity contribution in [1.29, 1.82) is 0 Å². The topological polar surface area (TPSA) is 43.7 Å². The average Bonchev–Trinajstić information content (AvgIpc) is 2.28. The molecule has 0 spiro atoms. The van der Waals surface area contributed by atoms with E-state index < -0.39 is 12.2 Å². The van der Waals surface area contributed by atoms with Gasteiger partial charge in [0.2, 0.25) is 0 Å². The Morgan fingerprint density at radius 2 is 1.91 bits per heavy atom. The van der Waals surface area contributed by atoms with Gasteiger partial charge in [-0.2, -0.15) is 0 Å². The van der Waals surface area contributed by atoms with Crippen molar-refractivity contribution in [2.75, 3.05) is 19.6 Å². The molecule has 11 heavy (non-hydrogen) atoms. The van der Waals surface area contributed by atoms with Crippen molar-refractivity contribution in [2.45, 2.75) is 18.6 Å². The maximum absolute atomic E-state index is 9.15. The molecule has 1 aliphatic rings. The van der Waals surface area contributed by atoms with Gasteiger partial charge in [0.1, 0.15) is 0 Å². The summed E-state index contributed by atoms with van der Waals surface area (Å²) in [6.07, 6.45) is 1.65. The number of β-amino-alcohol motifs (C(OH)–C–C–N with tert-alkyl or cyclic N) is 2. The second-order valence-electron chi connectivity index (χ2n) is 2.97. The van der Waals surface area contributed by atoms with Gasteiger partial charge < -0.3 is 10.2 Å². The second kappa shape index (κ2) is 3.85. The van der Waals surface area contributed by atoms with Crippen molar-refractivity contribution < 1.29 is 10.2 Å². The van der Waals surface area contributed by atoms with E-state index in [0.29, 0.717) is 13.1 Å². The lowest BCUT2D eigenvalue weighted by atomic mass is 10.3. The SMILES string of the molecule is C=CCCN1CC(O)C(O)C1. The van der Waals surface area contributed by atoms with Crippen LogP contribution in [0, 0.1) is 0 Å². The summed E-state index contributed by atoms with van der Waals surface area (Å²) >= 11 is 0. The molecule has 0 saturated carbocycles. The van der Waals surface area contributed by atoms with Gasteiger partial charge in [-0.1, -0.05) is 6.08 Å². The summed E-state index contributed by atoms with van der Waals surface area (Å²) in [6.45, 7) is 5.68. The first-order chi connectivity index (χ1) is 5.24.